The molecule has 5 rings (SSSR count). The second-order valence-corrected chi connectivity index (χ2v) is 15.3. The number of fused-ring (bicyclic) bond motifs is 1. The third kappa shape index (κ3) is 9.47. The summed E-state index contributed by atoms with van der Waals surface area (Å²) in [6, 6.07) is 10.9. The molecule has 1 fully saturated rings. The van der Waals surface area contributed by atoms with Crippen LogP contribution in [-0.4, -0.2) is 105 Å². The fourth-order valence-electron chi connectivity index (χ4n) is 6.85. The number of anilines is 2. The second-order valence-electron chi connectivity index (χ2n) is 15.3. The van der Waals surface area contributed by atoms with Gasteiger partial charge >= 0.3 is 6.09 Å². The molecule has 1 aliphatic carbocycles. The number of ether oxygens (including phenoxy) is 3. The number of piperazine rings is 1. The van der Waals surface area contributed by atoms with E-state index >= 15 is 0 Å². The van der Waals surface area contributed by atoms with Gasteiger partial charge in [0.1, 0.15) is 22.6 Å². The molecule has 12 nitrogen and oxygen atoms in total. The van der Waals surface area contributed by atoms with Gasteiger partial charge < -0.3 is 34.6 Å². The number of benzene rings is 2. The first kappa shape index (κ1) is 39.5. The molecule has 0 saturated carbocycles. The number of ketones is 1. The van der Waals surface area contributed by atoms with Gasteiger partial charge in [-0.3, -0.25) is 19.3 Å². The molecule has 1 saturated heterocycles. The minimum atomic E-state index is -1.49. The van der Waals surface area contributed by atoms with Crippen LogP contribution in [0.5, 0.6) is 5.75 Å². The van der Waals surface area contributed by atoms with E-state index in [0.717, 1.165) is 56.6 Å². The number of allylic oxidation sites excluding steroid dienone is 2. The van der Waals surface area contributed by atoms with E-state index in [-0.39, 0.29) is 29.4 Å². The van der Waals surface area contributed by atoms with Crippen LogP contribution < -0.4 is 20.3 Å². The monoisotopic (exact) mass is 729 g/mol. The highest BCUT2D eigenvalue weighted by Crippen LogP contribution is 2.36. The van der Waals surface area contributed by atoms with Gasteiger partial charge in [0.25, 0.3) is 5.91 Å². The zero-order chi connectivity index (χ0) is 38.5. The van der Waals surface area contributed by atoms with Crippen LogP contribution in [0.4, 0.5) is 16.2 Å². The fourth-order valence-corrected chi connectivity index (χ4v) is 6.85. The summed E-state index contributed by atoms with van der Waals surface area (Å²) in [5.41, 5.74) is 8.44. The van der Waals surface area contributed by atoms with Crippen LogP contribution in [0.25, 0.3) is 0 Å². The summed E-state index contributed by atoms with van der Waals surface area (Å²) >= 11 is 0. The number of amides is 3. The molecule has 0 spiro atoms. The number of hydrogen-bond acceptors (Lipinski definition) is 9. The zero-order valence-electron chi connectivity index (χ0n) is 32.3. The van der Waals surface area contributed by atoms with Gasteiger partial charge in [0.2, 0.25) is 5.91 Å². The highest BCUT2D eigenvalue weighted by atomic mass is 16.6. The third-order valence-corrected chi connectivity index (χ3v) is 9.98. The maximum Gasteiger partial charge on any atom is 0.414 e. The number of aryl methyl sites for hydroxylation is 1. The number of carbonyl (C=O) groups is 4. The molecular weight excluding hydrogens is 674 g/mol. The van der Waals surface area contributed by atoms with Crippen molar-refractivity contribution >= 4 is 35.1 Å². The molecule has 2 aromatic rings. The standard InChI is InChI=1S/C41H55N5O7/c1-28-12-15-32(34(25-28)52-24-10-8-9-11-36(47)45-22-20-43(5)21-23-45)44(6)38(49)41(42)18-16-31(35(27-41)51-7)37(48)30-14-13-29-17-19-46(33(29)26-30)39(50)53-40(2,3)4/h12-16,18,25-26H,8-11,17,19-24,27,42H2,1-7H3. The Morgan fingerprint density at radius 2 is 1.70 bits per heavy atom. The molecule has 2 aliphatic heterocycles. The van der Waals surface area contributed by atoms with Crippen molar-refractivity contribution < 1.29 is 33.4 Å². The van der Waals surface area contributed by atoms with Crippen molar-refractivity contribution in [2.45, 2.75) is 77.4 Å². The summed E-state index contributed by atoms with van der Waals surface area (Å²) in [6.45, 7) is 11.7. The average molecular weight is 730 g/mol. The first-order valence-electron chi connectivity index (χ1n) is 18.5. The van der Waals surface area contributed by atoms with Crippen LogP contribution in [0.3, 0.4) is 0 Å². The lowest BCUT2D eigenvalue weighted by molar-refractivity contribution is -0.132. The lowest BCUT2D eigenvalue weighted by Gasteiger charge is -2.33. The van der Waals surface area contributed by atoms with Crippen molar-refractivity contribution in [2.24, 2.45) is 5.73 Å². The third-order valence-electron chi connectivity index (χ3n) is 9.98. The molecule has 286 valence electrons. The largest absolute Gasteiger partial charge is 0.500 e. The Balaban J connectivity index is 1.21. The highest BCUT2D eigenvalue weighted by molar-refractivity contribution is 6.13. The average Bonchev–Trinajstić information content (AvgIpc) is 3.55. The number of hydrogen-bond donors (Lipinski definition) is 1. The van der Waals surface area contributed by atoms with Gasteiger partial charge in [0.15, 0.2) is 5.78 Å². The quantitative estimate of drug-likeness (QED) is 0.225. The molecule has 1 unspecified atom stereocenters. The van der Waals surface area contributed by atoms with Gasteiger partial charge in [-0.15, -0.1) is 0 Å². The fraction of sp³-hybridized carbons (Fsp3) is 0.512. The first-order chi connectivity index (χ1) is 25.1. The molecule has 3 aliphatic rings. The summed E-state index contributed by atoms with van der Waals surface area (Å²) in [5, 5.41) is 0. The number of Topliss-reactive ketones (excluding diaryl/α,β-unsaturated/α-hetero) is 1. The lowest BCUT2D eigenvalue weighted by atomic mass is 9.84. The van der Waals surface area contributed by atoms with E-state index in [9.17, 15) is 19.2 Å². The first-order valence-corrected chi connectivity index (χ1v) is 18.5. The van der Waals surface area contributed by atoms with Crippen molar-refractivity contribution in [1.82, 2.24) is 9.80 Å². The van der Waals surface area contributed by atoms with E-state index in [1.807, 2.05) is 56.9 Å². The predicted octanol–water partition coefficient (Wildman–Crippen LogP) is 5.41. The van der Waals surface area contributed by atoms with Crippen LogP contribution in [-0.2, 0) is 25.5 Å². The molecular formula is C41H55N5O7. The van der Waals surface area contributed by atoms with Crippen molar-refractivity contribution in [3.8, 4) is 5.75 Å². The number of methoxy groups -OCH3 is 1. The van der Waals surface area contributed by atoms with Crippen LogP contribution >= 0.6 is 0 Å². The number of unbranched alkanes of at least 4 members (excludes halogenated alkanes) is 2. The Morgan fingerprint density at radius 1 is 0.962 bits per heavy atom. The maximum atomic E-state index is 14.1. The Morgan fingerprint density at radius 3 is 2.40 bits per heavy atom. The molecule has 1 atom stereocenters. The molecule has 53 heavy (non-hydrogen) atoms. The van der Waals surface area contributed by atoms with E-state index in [0.29, 0.717) is 48.7 Å². The Labute approximate surface area is 313 Å². The molecule has 12 heteroatoms. The zero-order valence-corrected chi connectivity index (χ0v) is 32.3. The van der Waals surface area contributed by atoms with Gasteiger partial charge in [-0.05, 0) is 95.8 Å². The molecule has 2 aromatic carbocycles. The van der Waals surface area contributed by atoms with E-state index in [1.54, 1.807) is 36.2 Å². The molecule has 2 heterocycles. The smallest absolute Gasteiger partial charge is 0.414 e. The summed E-state index contributed by atoms with van der Waals surface area (Å²) in [6.07, 6.45) is 6.23. The van der Waals surface area contributed by atoms with Crippen molar-refractivity contribution in [2.75, 3.05) is 70.3 Å². The van der Waals surface area contributed by atoms with Crippen molar-refractivity contribution in [3.05, 3.63) is 76.6 Å². The molecule has 3 amide bonds. The maximum absolute atomic E-state index is 14.1. The van der Waals surface area contributed by atoms with Gasteiger partial charge in [-0.1, -0.05) is 24.3 Å². The van der Waals surface area contributed by atoms with Gasteiger partial charge in [-0.25, -0.2) is 4.79 Å². The minimum Gasteiger partial charge on any atom is -0.500 e. The van der Waals surface area contributed by atoms with Crippen LogP contribution in [0, 0.1) is 6.92 Å². The number of likely N-dealkylation sites (N-methyl/N-ethyl adjacent to an activating group) is 2. The summed E-state index contributed by atoms with van der Waals surface area (Å²) in [4.78, 5) is 60.6. The topological polar surface area (TPSA) is 135 Å². The van der Waals surface area contributed by atoms with Crippen molar-refractivity contribution in [1.29, 1.82) is 0 Å². The predicted molar refractivity (Wildman–Crippen MR) is 205 cm³/mol. The van der Waals surface area contributed by atoms with Crippen molar-refractivity contribution in [3.63, 3.8) is 0 Å². The second kappa shape index (κ2) is 16.6. The normalized spacial score (nSPS) is 18.9. The SMILES string of the molecule is COC1=C(C(=O)c2ccc3c(c2)N(C(=O)OC(C)(C)C)CC3)C=CC(N)(C(=O)N(C)c2ccc(C)cc2OCCCCCC(=O)N2CCN(C)CC2)C1. The van der Waals surface area contributed by atoms with E-state index in [2.05, 4.69) is 11.9 Å². The summed E-state index contributed by atoms with van der Waals surface area (Å²) < 4.78 is 17.5. The van der Waals surface area contributed by atoms with Gasteiger partial charge in [0.05, 0.1) is 30.7 Å². The van der Waals surface area contributed by atoms with Crippen LogP contribution in [0.15, 0.2) is 59.9 Å². The Bertz CT molecular complexity index is 1770. The highest BCUT2D eigenvalue weighted by Gasteiger charge is 2.40. The molecule has 0 aromatic heterocycles. The summed E-state index contributed by atoms with van der Waals surface area (Å²) in [7, 11) is 5.19. The van der Waals surface area contributed by atoms with E-state index in [1.165, 1.54) is 12.0 Å². The molecule has 2 N–H and O–H groups in total. The number of rotatable bonds is 12. The van der Waals surface area contributed by atoms with E-state index < -0.39 is 23.1 Å². The van der Waals surface area contributed by atoms with Gasteiger partial charge in [-0.2, -0.15) is 0 Å². The van der Waals surface area contributed by atoms with Crippen LogP contribution in [0.1, 0.15) is 74.4 Å². The minimum absolute atomic E-state index is 0.0336. The number of carbonyl (C=O) groups excluding carboxylic acids is 4. The lowest BCUT2D eigenvalue weighted by Crippen LogP contribution is -2.54. The summed E-state index contributed by atoms with van der Waals surface area (Å²) in [5.74, 6) is 0.366. The van der Waals surface area contributed by atoms with Crippen LogP contribution in [0.2, 0.25) is 0 Å². The molecule has 0 radical (unpaired) electrons. The number of nitrogens with zero attached hydrogens (tertiary/aromatic N) is 4. The Kier molecular flexibility index (Phi) is 12.3. The van der Waals surface area contributed by atoms with E-state index in [4.69, 9.17) is 19.9 Å². The Hall–Kier alpha value is -4.68. The number of nitrogens with two attached hydrogens (primary N) is 1. The molecule has 0 bridgehead atoms. The van der Waals surface area contributed by atoms with Gasteiger partial charge in [0, 0.05) is 58.2 Å².